The minimum absolute atomic E-state index is 0.119. The van der Waals surface area contributed by atoms with Crippen molar-refractivity contribution in [2.75, 3.05) is 8.86 Å². The molecule has 3 aromatic rings. The van der Waals surface area contributed by atoms with E-state index in [4.69, 9.17) is 4.74 Å². The zero-order valence-corrected chi connectivity index (χ0v) is 17.8. The van der Waals surface area contributed by atoms with E-state index in [1.807, 2.05) is 0 Å². The Balaban J connectivity index is 1.78. The van der Waals surface area contributed by atoms with Crippen molar-refractivity contribution in [1.29, 1.82) is 0 Å². The third-order valence-corrected chi connectivity index (χ3v) is 10.4. The van der Waals surface area contributed by atoms with Crippen molar-refractivity contribution in [3.63, 3.8) is 0 Å². The van der Waals surface area contributed by atoms with Gasteiger partial charge in [-0.2, -0.15) is 0 Å². The maximum atomic E-state index is 6.22. The average Bonchev–Trinajstić information content (AvgIpc) is 3.14. The zero-order valence-electron chi connectivity index (χ0n) is 12.7. The van der Waals surface area contributed by atoms with Crippen LogP contribution in [0.2, 0.25) is 0 Å². The van der Waals surface area contributed by atoms with Crippen molar-refractivity contribution < 1.29 is 25.9 Å². The molecule has 4 rings (SSSR count). The Hall–Kier alpha value is -0.410. The van der Waals surface area contributed by atoms with Gasteiger partial charge in [0.15, 0.2) is 0 Å². The summed E-state index contributed by atoms with van der Waals surface area (Å²) < 4.78 is 10.5. The van der Waals surface area contributed by atoms with Crippen molar-refractivity contribution in [3.05, 3.63) is 47.0 Å². The van der Waals surface area contributed by atoms with Crippen molar-refractivity contribution in [3.8, 4) is 16.9 Å². The van der Waals surface area contributed by atoms with E-state index < -0.39 is 0 Å². The summed E-state index contributed by atoms with van der Waals surface area (Å²) in [5.74, 6) is 1.10. The molecule has 0 radical (unpaired) electrons. The molecule has 1 aliphatic rings. The second kappa shape index (κ2) is 6.84. The van der Waals surface area contributed by atoms with Crippen LogP contribution in [0.1, 0.15) is 10.6 Å². The molecule has 2 nitrogen and oxygen atoms in total. The van der Waals surface area contributed by atoms with Crippen molar-refractivity contribution in [2.24, 2.45) is 0 Å². The first kappa shape index (κ1) is 16.1. The van der Waals surface area contributed by atoms with Crippen LogP contribution in [0.5, 0.6) is 5.75 Å². The van der Waals surface area contributed by atoms with E-state index >= 15 is 0 Å². The molecule has 0 saturated carbocycles. The van der Waals surface area contributed by atoms with E-state index in [-0.39, 0.29) is 21.2 Å². The van der Waals surface area contributed by atoms with Crippen LogP contribution in [0.15, 0.2) is 36.4 Å². The molecule has 5 heteroatoms. The molecule has 0 N–H and O–H groups in total. The SMILES string of the molecule is Cc1nc2cccc(-c3cccc4c3CC([I-]CCI)O4)c2s1. The van der Waals surface area contributed by atoms with Crippen LogP contribution < -0.4 is 25.9 Å². The van der Waals surface area contributed by atoms with Crippen LogP contribution >= 0.6 is 33.9 Å². The molecule has 0 fully saturated rings. The molecule has 23 heavy (non-hydrogen) atoms. The first-order valence-electron chi connectivity index (χ1n) is 7.55. The summed E-state index contributed by atoms with van der Waals surface area (Å²) in [6.45, 7) is 2.08. The standard InChI is InChI=1S/C18H16I2NOS/c1-11-21-15-6-2-5-13(18(15)23-11)12-4-3-7-16-14(12)10-17(22-16)20-9-8-19/h2-7,17H,8-10H2,1H3/q-1. The van der Waals surface area contributed by atoms with Gasteiger partial charge in [0.05, 0.1) is 0 Å². The summed E-state index contributed by atoms with van der Waals surface area (Å²) in [7, 11) is 0. The van der Waals surface area contributed by atoms with Crippen LogP contribution in [-0.4, -0.2) is 17.9 Å². The number of benzene rings is 2. The van der Waals surface area contributed by atoms with Crippen LogP contribution in [0, 0.1) is 6.92 Å². The van der Waals surface area contributed by atoms with E-state index in [2.05, 4.69) is 70.9 Å². The van der Waals surface area contributed by atoms with Gasteiger partial charge in [-0.15, -0.1) is 0 Å². The van der Waals surface area contributed by atoms with Crippen LogP contribution in [0.4, 0.5) is 0 Å². The number of aryl methyl sites for hydroxylation is 1. The fourth-order valence-corrected chi connectivity index (χ4v) is 7.66. The summed E-state index contributed by atoms with van der Waals surface area (Å²) >= 11 is 4.38. The topological polar surface area (TPSA) is 22.1 Å². The third-order valence-electron chi connectivity index (χ3n) is 3.92. The van der Waals surface area contributed by atoms with Crippen molar-refractivity contribution in [2.45, 2.75) is 17.5 Å². The third kappa shape index (κ3) is 3.11. The maximum absolute atomic E-state index is 6.22. The second-order valence-electron chi connectivity index (χ2n) is 5.43. The Kier molecular flexibility index (Phi) is 4.78. The Morgan fingerprint density at radius 2 is 2.09 bits per heavy atom. The van der Waals surface area contributed by atoms with Gasteiger partial charge in [-0.25, -0.2) is 0 Å². The summed E-state index contributed by atoms with van der Waals surface area (Å²) in [6.07, 6.45) is 1.07. The molecule has 1 atom stereocenters. The number of hydrogen-bond acceptors (Lipinski definition) is 3. The number of fused-ring (bicyclic) bond motifs is 2. The fourth-order valence-electron chi connectivity index (χ4n) is 3.00. The van der Waals surface area contributed by atoms with Crippen molar-refractivity contribution >= 4 is 44.1 Å². The monoisotopic (exact) mass is 548 g/mol. The second-order valence-corrected chi connectivity index (χ2v) is 11.1. The van der Waals surface area contributed by atoms with Gasteiger partial charge in [-0.3, -0.25) is 0 Å². The Morgan fingerprint density at radius 3 is 2.96 bits per heavy atom. The molecule has 0 amide bonds. The number of hydrogen-bond donors (Lipinski definition) is 0. The van der Waals surface area contributed by atoms with E-state index in [1.165, 1.54) is 30.2 Å². The molecule has 0 aliphatic carbocycles. The van der Waals surface area contributed by atoms with E-state index in [0.29, 0.717) is 4.11 Å². The number of halogens is 2. The van der Waals surface area contributed by atoms with Gasteiger partial charge in [0.1, 0.15) is 0 Å². The van der Waals surface area contributed by atoms with Gasteiger partial charge in [0, 0.05) is 0 Å². The first-order chi connectivity index (χ1) is 11.3. The molecular formula is C18H16I2NOS-. The van der Waals surface area contributed by atoms with E-state index in [1.54, 1.807) is 11.3 Å². The summed E-state index contributed by atoms with van der Waals surface area (Å²) in [4.78, 5) is 4.64. The summed E-state index contributed by atoms with van der Waals surface area (Å²) in [5, 5.41) is 1.13. The van der Waals surface area contributed by atoms with Gasteiger partial charge in [0.25, 0.3) is 0 Å². The molecule has 1 aromatic heterocycles. The Bertz CT molecular complexity index is 861. The quantitative estimate of drug-likeness (QED) is 0.368. The number of ether oxygens (including phenoxy) is 1. The van der Waals surface area contributed by atoms with Crippen molar-refractivity contribution in [1.82, 2.24) is 4.98 Å². The van der Waals surface area contributed by atoms with Gasteiger partial charge in [-0.05, 0) is 0 Å². The number of alkyl halides is 3. The van der Waals surface area contributed by atoms with E-state index in [0.717, 1.165) is 22.7 Å². The minimum atomic E-state index is 0.119. The van der Waals surface area contributed by atoms with Crippen LogP contribution in [0.25, 0.3) is 21.3 Å². The normalized spacial score (nSPS) is 16.7. The Labute approximate surface area is 164 Å². The molecule has 2 heterocycles. The summed E-state index contributed by atoms with van der Waals surface area (Å²) in [6, 6.07) is 12.9. The Morgan fingerprint density at radius 1 is 1.26 bits per heavy atom. The molecule has 1 unspecified atom stereocenters. The first-order valence-corrected chi connectivity index (χ1v) is 12.7. The molecule has 0 bridgehead atoms. The zero-order chi connectivity index (χ0) is 15.8. The molecule has 0 saturated heterocycles. The molecular weight excluding hydrogens is 532 g/mol. The number of aromatic nitrogens is 1. The van der Waals surface area contributed by atoms with Crippen LogP contribution in [0.3, 0.4) is 0 Å². The molecule has 2 aromatic carbocycles. The fraction of sp³-hybridized carbons (Fsp3) is 0.278. The van der Waals surface area contributed by atoms with Gasteiger partial charge in [0.2, 0.25) is 0 Å². The average molecular weight is 548 g/mol. The number of nitrogens with zero attached hydrogens (tertiary/aromatic N) is 1. The van der Waals surface area contributed by atoms with Crippen LogP contribution in [-0.2, 0) is 6.42 Å². The molecule has 120 valence electrons. The summed E-state index contributed by atoms with van der Waals surface area (Å²) in [5.41, 5.74) is 5.14. The van der Waals surface area contributed by atoms with E-state index in [9.17, 15) is 0 Å². The predicted octanol–water partition coefficient (Wildman–Crippen LogP) is 2.06. The number of rotatable bonds is 4. The van der Waals surface area contributed by atoms with Gasteiger partial charge in [-0.1, -0.05) is 0 Å². The van der Waals surface area contributed by atoms with Gasteiger partial charge >= 0.3 is 165 Å². The predicted molar refractivity (Wildman–Crippen MR) is 102 cm³/mol. The molecule has 1 aliphatic heterocycles. The number of thiazole rings is 1. The van der Waals surface area contributed by atoms with Gasteiger partial charge < -0.3 is 0 Å². The molecule has 0 spiro atoms.